The van der Waals surface area contributed by atoms with Crippen LogP contribution in [0.2, 0.25) is 10.0 Å². The van der Waals surface area contributed by atoms with Gasteiger partial charge in [0.05, 0.1) is 26.9 Å². The highest BCUT2D eigenvalue weighted by atomic mass is 35.5. The fourth-order valence-electron chi connectivity index (χ4n) is 3.67. The van der Waals surface area contributed by atoms with Gasteiger partial charge in [-0.15, -0.1) is 0 Å². The third-order valence-corrected chi connectivity index (χ3v) is 8.20. The quantitative estimate of drug-likeness (QED) is 0.213. The van der Waals surface area contributed by atoms with E-state index < -0.39 is 21.4 Å². The van der Waals surface area contributed by atoms with Gasteiger partial charge in [0.2, 0.25) is 0 Å². The molecule has 0 unspecified atom stereocenters. The van der Waals surface area contributed by atoms with Crippen molar-refractivity contribution in [2.75, 3.05) is 6.54 Å². The second kappa shape index (κ2) is 12.3. The number of hydrogen-bond acceptors (Lipinski definition) is 4. The number of halogens is 3. The smallest absolute Gasteiger partial charge is 0.251 e. The molecule has 4 rings (SSSR count). The average Bonchev–Trinajstić information content (AvgIpc) is 3.42. The van der Waals surface area contributed by atoms with E-state index in [-0.39, 0.29) is 32.0 Å². The van der Waals surface area contributed by atoms with Gasteiger partial charge < -0.3 is 5.32 Å². The van der Waals surface area contributed by atoms with Crippen LogP contribution in [0.3, 0.4) is 0 Å². The number of rotatable bonds is 8. The van der Waals surface area contributed by atoms with Crippen LogP contribution in [0.1, 0.15) is 39.0 Å². The lowest BCUT2D eigenvalue weighted by Gasteiger charge is -2.11. The van der Waals surface area contributed by atoms with Gasteiger partial charge in [-0.1, -0.05) is 47.2 Å². The molecule has 0 fully saturated rings. The van der Waals surface area contributed by atoms with Crippen LogP contribution in [-0.4, -0.2) is 31.1 Å². The van der Waals surface area contributed by atoms with Gasteiger partial charge >= 0.3 is 0 Å². The van der Waals surface area contributed by atoms with Crippen LogP contribution in [0.4, 0.5) is 4.39 Å². The molecule has 10 heteroatoms. The van der Waals surface area contributed by atoms with Crippen molar-refractivity contribution in [3.8, 4) is 11.8 Å². The maximum atomic E-state index is 13.4. The Bertz CT molecular complexity index is 1610. The van der Waals surface area contributed by atoms with Crippen LogP contribution < -0.4 is 5.32 Å². The fourth-order valence-corrected chi connectivity index (χ4v) is 5.66. The van der Waals surface area contributed by atoms with Crippen molar-refractivity contribution >= 4 is 38.9 Å². The normalized spacial score (nSPS) is 11.0. The molecule has 1 aromatic heterocycles. The summed E-state index contributed by atoms with van der Waals surface area (Å²) in [5.74, 6) is 4.52. The molecule has 0 radical (unpaired) electrons. The zero-order chi connectivity index (χ0) is 27.1. The second-order valence-electron chi connectivity index (χ2n) is 8.41. The van der Waals surface area contributed by atoms with Crippen LogP contribution >= 0.6 is 23.2 Å². The summed E-state index contributed by atoms with van der Waals surface area (Å²) in [5.41, 5.74) is 2.26. The van der Waals surface area contributed by atoms with E-state index in [2.05, 4.69) is 27.4 Å². The monoisotopic (exact) mass is 569 g/mol. The molecule has 0 saturated carbocycles. The summed E-state index contributed by atoms with van der Waals surface area (Å²) >= 11 is 12.3. The standard InChI is InChI=1S/C28H22Cl2FN3O3S/c29-25-5-1-4-23(27(25)30)18-38(36,37)26-13-10-22(28(35)32-14-2-3-20-16-33-34-17-20)15-21(26)9-6-19-7-11-24(31)12-8-19/h1,4-5,7-8,10-13,15-17H,2-3,14,18H2,(H,32,35)(H,33,34). The summed E-state index contributed by atoms with van der Waals surface area (Å²) in [5, 5.41) is 9.88. The molecule has 0 aliphatic carbocycles. The number of aryl methyl sites for hydroxylation is 1. The third kappa shape index (κ3) is 7.01. The van der Waals surface area contributed by atoms with Crippen LogP contribution in [0.15, 0.2) is 78.0 Å². The molecule has 2 N–H and O–H groups in total. The van der Waals surface area contributed by atoms with E-state index in [0.29, 0.717) is 24.1 Å². The van der Waals surface area contributed by atoms with E-state index in [9.17, 15) is 17.6 Å². The number of nitrogens with one attached hydrogen (secondary N) is 2. The molecule has 0 saturated heterocycles. The lowest BCUT2D eigenvalue weighted by atomic mass is 10.1. The van der Waals surface area contributed by atoms with Gasteiger partial charge in [0, 0.05) is 29.4 Å². The molecule has 1 heterocycles. The first-order valence-corrected chi connectivity index (χ1v) is 14.0. The van der Waals surface area contributed by atoms with Crippen LogP contribution in [0, 0.1) is 17.7 Å². The number of carbonyl (C=O) groups is 1. The number of nitrogens with zero attached hydrogens (tertiary/aromatic N) is 1. The molecule has 0 aliphatic heterocycles. The highest BCUT2D eigenvalue weighted by molar-refractivity contribution is 7.90. The number of amides is 1. The largest absolute Gasteiger partial charge is 0.352 e. The topological polar surface area (TPSA) is 91.9 Å². The Hall–Kier alpha value is -3.64. The number of aromatic amines is 1. The molecule has 0 spiro atoms. The molecule has 0 atom stereocenters. The van der Waals surface area contributed by atoms with Crippen LogP contribution in [0.5, 0.6) is 0 Å². The summed E-state index contributed by atoms with van der Waals surface area (Å²) in [4.78, 5) is 12.7. The minimum absolute atomic E-state index is 0.0559. The number of aromatic nitrogens is 2. The number of hydrogen-bond donors (Lipinski definition) is 2. The molecule has 4 aromatic rings. The Morgan fingerprint density at radius 1 is 1.05 bits per heavy atom. The van der Waals surface area contributed by atoms with Gasteiger partial charge in [-0.3, -0.25) is 9.89 Å². The first kappa shape index (κ1) is 27.4. The SMILES string of the molecule is O=C(NCCCc1cn[nH]c1)c1ccc(S(=O)(=O)Cc2cccc(Cl)c2Cl)c(C#Cc2ccc(F)cc2)c1. The zero-order valence-electron chi connectivity index (χ0n) is 20.0. The third-order valence-electron chi connectivity index (χ3n) is 5.62. The molecule has 0 bridgehead atoms. The van der Waals surface area contributed by atoms with Crippen molar-refractivity contribution in [3.05, 3.63) is 117 Å². The van der Waals surface area contributed by atoms with E-state index in [1.54, 1.807) is 30.6 Å². The van der Waals surface area contributed by atoms with Crippen molar-refractivity contribution in [1.82, 2.24) is 15.5 Å². The van der Waals surface area contributed by atoms with E-state index in [1.807, 2.05) is 0 Å². The molecule has 0 aliphatic rings. The summed E-state index contributed by atoms with van der Waals surface area (Å²) in [6.07, 6.45) is 4.97. The Labute approximate surface area is 230 Å². The van der Waals surface area contributed by atoms with Crippen molar-refractivity contribution in [3.63, 3.8) is 0 Å². The summed E-state index contributed by atoms with van der Waals surface area (Å²) < 4.78 is 40.1. The first-order valence-electron chi connectivity index (χ1n) is 11.6. The van der Waals surface area contributed by atoms with Crippen molar-refractivity contribution in [2.24, 2.45) is 0 Å². The van der Waals surface area contributed by atoms with E-state index in [1.165, 1.54) is 42.5 Å². The number of H-pyrrole nitrogens is 1. The van der Waals surface area contributed by atoms with Gasteiger partial charge in [0.15, 0.2) is 9.84 Å². The average molecular weight is 570 g/mol. The molecule has 3 aromatic carbocycles. The predicted molar refractivity (Wildman–Crippen MR) is 145 cm³/mol. The number of sulfone groups is 1. The lowest BCUT2D eigenvalue weighted by Crippen LogP contribution is -2.25. The molecular formula is C28H22Cl2FN3O3S. The van der Waals surface area contributed by atoms with Gasteiger partial charge in [-0.25, -0.2) is 12.8 Å². The maximum absolute atomic E-state index is 13.4. The van der Waals surface area contributed by atoms with Gasteiger partial charge in [0.1, 0.15) is 5.82 Å². The lowest BCUT2D eigenvalue weighted by molar-refractivity contribution is 0.0953. The van der Waals surface area contributed by atoms with Gasteiger partial charge in [0.25, 0.3) is 5.91 Å². The minimum atomic E-state index is -3.93. The van der Waals surface area contributed by atoms with Crippen molar-refractivity contribution in [1.29, 1.82) is 0 Å². The Morgan fingerprint density at radius 2 is 1.84 bits per heavy atom. The van der Waals surface area contributed by atoms with Crippen molar-refractivity contribution < 1.29 is 17.6 Å². The zero-order valence-corrected chi connectivity index (χ0v) is 22.3. The minimum Gasteiger partial charge on any atom is -0.352 e. The summed E-state index contributed by atoms with van der Waals surface area (Å²) in [6.45, 7) is 0.425. The summed E-state index contributed by atoms with van der Waals surface area (Å²) in [6, 6.07) is 14.5. The van der Waals surface area contributed by atoms with Crippen LogP contribution in [-0.2, 0) is 22.0 Å². The van der Waals surface area contributed by atoms with Crippen molar-refractivity contribution in [2.45, 2.75) is 23.5 Å². The van der Waals surface area contributed by atoms with E-state index in [0.717, 1.165) is 12.0 Å². The predicted octanol–water partition coefficient (Wildman–Crippen LogP) is 5.59. The van der Waals surface area contributed by atoms with E-state index >= 15 is 0 Å². The van der Waals surface area contributed by atoms with Crippen LogP contribution in [0.25, 0.3) is 0 Å². The Morgan fingerprint density at radius 3 is 2.58 bits per heavy atom. The molecule has 38 heavy (non-hydrogen) atoms. The summed E-state index contributed by atoms with van der Waals surface area (Å²) in [7, 11) is -3.93. The van der Waals surface area contributed by atoms with E-state index in [4.69, 9.17) is 23.2 Å². The van der Waals surface area contributed by atoms with Gasteiger partial charge in [-0.2, -0.15) is 5.10 Å². The molecule has 1 amide bonds. The van der Waals surface area contributed by atoms with Gasteiger partial charge in [-0.05, 0) is 72.5 Å². The second-order valence-corrected chi connectivity index (χ2v) is 11.1. The maximum Gasteiger partial charge on any atom is 0.251 e. The number of carbonyl (C=O) groups excluding carboxylic acids is 1. The highest BCUT2D eigenvalue weighted by Crippen LogP contribution is 2.29. The Balaban J connectivity index is 1.61. The fraction of sp³-hybridized carbons (Fsp3) is 0.143. The number of benzene rings is 3. The molecule has 194 valence electrons. The molecular weight excluding hydrogens is 548 g/mol. The highest BCUT2D eigenvalue weighted by Gasteiger charge is 2.22. The Kier molecular flexibility index (Phi) is 8.85. The first-order chi connectivity index (χ1) is 18.2. The molecule has 6 nitrogen and oxygen atoms in total.